The van der Waals surface area contributed by atoms with E-state index in [0.29, 0.717) is 33.3 Å². The van der Waals surface area contributed by atoms with Crippen molar-refractivity contribution >= 4 is 34.3 Å². The smallest absolute Gasteiger partial charge is 0.255 e. The number of nitrogens with zero attached hydrogens (tertiary/aromatic N) is 1. The van der Waals surface area contributed by atoms with Crippen LogP contribution in [-0.2, 0) is 0 Å². The topological polar surface area (TPSA) is 55.1 Å². The summed E-state index contributed by atoms with van der Waals surface area (Å²) < 4.78 is 5.84. The second-order valence-electron chi connectivity index (χ2n) is 6.50. The number of hydrogen-bond donors (Lipinski definition) is 1. The molecule has 0 unspecified atom stereocenters. The van der Waals surface area contributed by atoms with E-state index >= 15 is 0 Å². The summed E-state index contributed by atoms with van der Waals surface area (Å²) in [5, 5.41) is 3.40. The molecular weight excluding hydrogens is 360 g/mol. The van der Waals surface area contributed by atoms with Crippen LogP contribution in [0.3, 0.4) is 0 Å². The van der Waals surface area contributed by atoms with E-state index in [-0.39, 0.29) is 5.91 Å². The highest BCUT2D eigenvalue weighted by molar-refractivity contribution is 6.33. The van der Waals surface area contributed by atoms with E-state index in [9.17, 15) is 4.79 Å². The van der Waals surface area contributed by atoms with Gasteiger partial charge in [0.2, 0.25) is 5.89 Å². The molecule has 134 valence electrons. The van der Waals surface area contributed by atoms with Crippen LogP contribution in [0.2, 0.25) is 5.02 Å². The van der Waals surface area contributed by atoms with Crippen LogP contribution in [0.25, 0.3) is 22.6 Å². The molecule has 0 fully saturated rings. The van der Waals surface area contributed by atoms with Gasteiger partial charge in [0.1, 0.15) is 5.52 Å². The molecule has 27 heavy (non-hydrogen) atoms. The van der Waals surface area contributed by atoms with Crippen molar-refractivity contribution in [2.24, 2.45) is 0 Å². The van der Waals surface area contributed by atoms with Crippen LogP contribution in [0.1, 0.15) is 21.5 Å². The number of hydrogen-bond acceptors (Lipinski definition) is 3. The molecular formula is C22H17ClN2O2. The minimum absolute atomic E-state index is 0.184. The molecule has 1 heterocycles. The number of anilines is 1. The lowest BCUT2D eigenvalue weighted by Gasteiger charge is -2.08. The normalized spacial score (nSPS) is 10.9. The Bertz CT molecular complexity index is 1150. The third-order valence-electron chi connectivity index (χ3n) is 4.31. The Labute approximate surface area is 161 Å². The Morgan fingerprint density at radius 3 is 2.48 bits per heavy atom. The van der Waals surface area contributed by atoms with Crippen LogP contribution in [-0.4, -0.2) is 10.9 Å². The Morgan fingerprint density at radius 1 is 0.963 bits per heavy atom. The molecule has 0 saturated carbocycles. The van der Waals surface area contributed by atoms with Crippen molar-refractivity contribution in [1.29, 1.82) is 0 Å². The number of fused-ring (bicyclic) bond motifs is 1. The number of benzene rings is 3. The summed E-state index contributed by atoms with van der Waals surface area (Å²) in [4.78, 5) is 17.0. The Morgan fingerprint density at radius 2 is 1.70 bits per heavy atom. The van der Waals surface area contributed by atoms with Gasteiger partial charge in [-0.1, -0.05) is 35.4 Å². The van der Waals surface area contributed by atoms with Crippen LogP contribution < -0.4 is 5.32 Å². The number of rotatable bonds is 3. The predicted octanol–water partition coefficient (Wildman–Crippen LogP) is 6.02. The highest BCUT2D eigenvalue weighted by atomic mass is 35.5. The highest BCUT2D eigenvalue weighted by Gasteiger charge is 2.14. The number of aromatic nitrogens is 1. The molecule has 0 spiro atoms. The minimum Gasteiger partial charge on any atom is -0.436 e. The Balaban J connectivity index is 1.66. The van der Waals surface area contributed by atoms with E-state index in [2.05, 4.69) is 10.3 Å². The maximum Gasteiger partial charge on any atom is 0.255 e. The van der Waals surface area contributed by atoms with Crippen molar-refractivity contribution in [2.45, 2.75) is 13.8 Å². The first-order chi connectivity index (χ1) is 13.0. The van der Waals surface area contributed by atoms with Gasteiger partial charge in [0.05, 0.1) is 10.6 Å². The Kier molecular flexibility index (Phi) is 4.42. The second kappa shape index (κ2) is 6.89. The van der Waals surface area contributed by atoms with Gasteiger partial charge < -0.3 is 9.73 Å². The number of nitrogens with one attached hydrogen (secondary N) is 1. The molecule has 0 saturated heterocycles. The maximum absolute atomic E-state index is 12.5. The average molecular weight is 377 g/mol. The van der Waals surface area contributed by atoms with Crippen LogP contribution in [0, 0.1) is 13.8 Å². The molecule has 5 heteroatoms. The molecule has 4 aromatic rings. The lowest BCUT2D eigenvalue weighted by molar-refractivity contribution is 0.102. The van der Waals surface area contributed by atoms with E-state index in [1.807, 2.05) is 44.2 Å². The number of aryl methyl sites for hydroxylation is 2. The summed E-state index contributed by atoms with van der Waals surface area (Å²) in [7, 11) is 0. The lowest BCUT2D eigenvalue weighted by Crippen LogP contribution is -2.11. The zero-order valence-electron chi connectivity index (χ0n) is 14.9. The lowest BCUT2D eigenvalue weighted by atomic mass is 10.1. The van der Waals surface area contributed by atoms with Crippen LogP contribution in [0.15, 0.2) is 65.1 Å². The van der Waals surface area contributed by atoms with Gasteiger partial charge in [-0.3, -0.25) is 4.79 Å². The molecule has 4 rings (SSSR count). The zero-order chi connectivity index (χ0) is 19.0. The van der Waals surface area contributed by atoms with Crippen molar-refractivity contribution in [2.75, 3.05) is 5.32 Å². The minimum atomic E-state index is -0.184. The number of oxazole rings is 1. The first kappa shape index (κ1) is 17.3. The zero-order valence-corrected chi connectivity index (χ0v) is 15.7. The van der Waals surface area contributed by atoms with E-state index in [1.54, 1.807) is 30.3 Å². The third kappa shape index (κ3) is 3.57. The fourth-order valence-corrected chi connectivity index (χ4v) is 3.03. The largest absolute Gasteiger partial charge is 0.436 e. The first-order valence-corrected chi connectivity index (χ1v) is 8.92. The predicted molar refractivity (Wildman–Crippen MR) is 108 cm³/mol. The molecule has 0 radical (unpaired) electrons. The number of carbonyl (C=O) groups excluding carboxylic acids is 1. The number of carbonyl (C=O) groups is 1. The summed E-state index contributed by atoms with van der Waals surface area (Å²) in [5.74, 6) is 0.239. The van der Waals surface area contributed by atoms with Gasteiger partial charge in [-0.25, -0.2) is 4.98 Å². The summed E-state index contributed by atoms with van der Waals surface area (Å²) in [6, 6.07) is 18.5. The van der Waals surface area contributed by atoms with E-state index in [0.717, 1.165) is 16.6 Å². The quantitative estimate of drug-likeness (QED) is 0.475. The van der Waals surface area contributed by atoms with Crippen molar-refractivity contribution < 1.29 is 9.21 Å². The van der Waals surface area contributed by atoms with Gasteiger partial charge in [-0.05, 0) is 61.9 Å². The summed E-state index contributed by atoms with van der Waals surface area (Å²) >= 11 is 6.35. The molecule has 0 aliphatic carbocycles. The standard InChI is InChI=1S/C22H17ClN2O2/c1-13-3-6-15(7-4-13)21(26)24-16-8-9-18(23)17(12-16)22-25-19-11-14(2)5-10-20(19)27-22/h3-12H,1-2H3,(H,24,26). The molecule has 1 amide bonds. The molecule has 3 aromatic carbocycles. The van der Waals surface area contributed by atoms with Gasteiger partial charge in [0, 0.05) is 11.3 Å². The summed E-state index contributed by atoms with van der Waals surface area (Å²) in [5.41, 5.74) is 5.52. The molecule has 4 nitrogen and oxygen atoms in total. The van der Waals surface area contributed by atoms with Gasteiger partial charge in [0.25, 0.3) is 5.91 Å². The summed E-state index contributed by atoms with van der Waals surface area (Å²) in [6.45, 7) is 3.98. The Hall–Kier alpha value is -3.11. The van der Waals surface area contributed by atoms with Crippen molar-refractivity contribution in [3.05, 3.63) is 82.4 Å². The molecule has 1 N–H and O–H groups in total. The van der Waals surface area contributed by atoms with E-state index in [4.69, 9.17) is 16.0 Å². The fraction of sp³-hybridized carbons (Fsp3) is 0.0909. The van der Waals surface area contributed by atoms with Crippen LogP contribution in [0.5, 0.6) is 0 Å². The van der Waals surface area contributed by atoms with Gasteiger partial charge in [-0.15, -0.1) is 0 Å². The molecule has 0 atom stereocenters. The number of amides is 1. The molecule has 0 aliphatic heterocycles. The van der Waals surface area contributed by atoms with E-state index < -0.39 is 0 Å². The molecule has 0 aliphatic rings. The van der Waals surface area contributed by atoms with E-state index in [1.165, 1.54) is 0 Å². The monoisotopic (exact) mass is 376 g/mol. The number of halogens is 1. The highest BCUT2D eigenvalue weighted by Crippen LogP contribution is 2.32. The maximum atomic E-state index is 12.5. The van der Waals surface area contributed by atoms with Crippen molar-refractivity contribution in [3.63, 3.8) is 0 Å². The van der Waals surface area contributed by atoms with Crippen LogP contribution >= 0.6 is 11.6 Å². The molecule has 1 aromatic heterocycles. The second-order valence-corrected chi connectivity index (χ2v) is 6.91. The molecule has 0 bridgehead atoms. The SMILES string of the molecule is Cc1ccc(C(=O)Nc2ccc(Cl)c(-c3nc4cc(C)ccc4o3)c2)cc1. The summed E-state index contributed by atoms with van der Waals surface area (Å²) in [6.07, 6.45) is 0. The van der Waals surface area contributed by atoms with Crippen molar-refractivity contribution in [3.8, 4) is 11.5 Å². The van der Waals surface area contributed by atoms with Gasteiger partial charge >= 0.3 is 0 Å². The van der Waals surface area contributed by atoms with Gasteiger partial charge in [-0.2, -0.15) is 0 Å². The first-order valence-electron chi connectivity index (χ1n) is 8.55. The van der Waals surface area contributed by atoms with Gasteiger partial charge in [0.15, 0.2) is 5.58 Å². The average Bonchev–Trinajstić information content (AvgIpc) is 3.06. The third-order valence-corrected chi connectivity index (χ3v) is 4.64. The van der Waals surface area contributed by atoms with Crippen molar-refractivity contribution in [1.82, 2.24) is 4.98 Å². The fourth-order valence-electron chi connectivity index (χ4n) is 2.83. The van der Waals surface area contributed by atoms with Crippen LogP contribution in [0.4, 0.5) is 5.69 Å².